The quantitative estimate of drug-likeness (QED) is 0.860. The van der Waals surface area contributed by atoms with E-state index in [4.69, 9.17) is 28.3 Å². The Kier molecular flexibility index (Phi) is 5.61. The van der Waals surface area contributed by atoms with Crippen LogP contribution in [0.25, 0.3) is 0 Å². The molecule has 3 N–H and O–H groups in total. The number of sulfonamides is 1. The number of nitrogens with two attached hydrogens (primary N) is 1. The predicted molar refractivity (Wildman–Crippen MR) is 75.9 cm³/mol. The van der Waals surface area contributed by atoms with Gasteiger partial charge in [0, 0.05) is 22.2 Å². The largest absolute Gasteiger partial charge is 0.355 e. The van der Waals surface area contributed by atoms with Crippen LogP contribution < -0.4 is 10.5 Å². The second-order valence-corrected chi connectivity index (χ2v) is 6.56. The molecule has 5 nitrogen and oxygen atoms in total. The van der Waals surface area contributed by atoms with E-state index in [0.29, 0.717) is 15.6 Å². The summed E-state index contributed by atoms with van der Waals surface area (Å²) in [6.07, 6.45) is 0. The van der Waals surface area contributed by atoms with Crippen LogP contribution in [-0.4, -0.2) is 26.6 Å². The van der Waals surface area contributed by atoms with E-state index in [0.717, 1.165) is 0 Å². The number of halogens is 2. The van der Waals surface area contributed by atoms with Crippen LogP contribution in [0.4, 0.5) is 0 Å². The molecule has 0 aliphatic carbocycles. The van der Waals surface area contributed by atoms with Crippen molar-refractivity contribution in [2.24, 2.45) is 5.14 Å². The summed E-state index contributed by atoms with van der Waals surface area (Å²) < 4.78 is 21.5. The van der Waals surface area contributed by atoms with Crippen LogP contribution in [0, 0.1) is 0 Å². The lowest BCUT2D eigenvalue weighted by atomic mass is 10.0. The van der Waals surface area contributed by atoms with Crippen molar-refractivity contribution in [3.63, 3.8) is 0 Å². The van der Waals surface area contributed by atoms with Gasteiger partial charge in [-0.15, -0.1) is 0 Å². The molecule has 1 aromatic carbocycles. The van der Waals surface area contributed by atoms with Gasteiger partial charge in [0.25, 0.3) is 0 Å². The SMILES string of the molecule is C[C@H](C(=O)NCCS(N)(=O)=O)c1c(Cl)cccc1Cl. The highest BCUT2D eigenvalue weighted by Gasteiger charge is 2.20. The first-order valence-electron chi connectivity index (χ1n) is 5.44. The zero-order chi connectivity index (χ0) is 14.6. The summed E-state index contributed by atoms with van der Waals surface area (Å²) >= 11 is 12.0. The maximum Gasteiger partial charge on any atom is 0.227 e. The fourth-order valence-corrected chi connectivity index (χ4v) is 2.64. The summed E-state index contributed by atoms with van der Waals surface area (Å²) in [5.41, 5.74) is 0.513. The van der Waals surface area contributed by atoms with Crippen molar-refractivity contribution in [2.45, 2.75) is 12.8 Å². The molecule has 0 aromatic heterocycles. The van der Waals surface area contributed by atoms with E-state index in [2.05, 4.69) is 5.32 Å². The zero-order valence-electron chi connectivity index (χ0n) is 10.2. The van der Waals surface area contributed by atoms with Gasteiger partial charge in [0.05, 0.1) is 11.7 Å². The smallest absolute Gasteiger partial charge is 0.227 e. The highest BCUT2D eigenvalue weighted by Crippen LogP contribution is 2.31. The lowest BCUT2D eigenvalue weighted by Gasteiger charge is -2.15. The van der Waals surface area contributed by atoms with Crippen molar-refractivity contribution in [1.29, 1.82) is 0 Å². The number of carbonyl (C=O) groups is 1. The molecule has 0 aliphatic rings. The van der Waals surface area contributed by atoms with Gasteiger partial charge >= 0.3 is 0 Å². The highest BCUT2D eigenvalue weighted by atomic mass is 35.5. The van der Waals surface area contributed by atoms with Gasteiger partial charge in [-0.1, -0.05) is 29.3 Å². The number of nitrogens with one attached hydrogen (secondary N) is 1. The third kappa shape index (κ3) is 4.99. The summed E-state index contributed by atoms with van der Waals surface area (Å²) in [7, 11) is -3.59. The van der Waals surface area contributed by atoms with Crippen molar-refractivity contribution < 1.29 is 13.2 Å². The Hall–Kier alpha value is -0.820. The first-order valence-corrected chi connectivity index (χ1v) is 7.91. The van der Waals surface area contributed by atoms with Gasteiger partial charge in [-0.05, 0) is 19.1 Å². The van der Waals surface area contributed by atoms with E-state index in [-0.39, 0.29) is 18.2 Å². The van der Waals surface area contributed by atoms with E-state index in [1.807, 2.05) is 0 Å². The Morgan fingerprint density at radius 2 is 1.89 bits per heavy atom. The fourth-order valence-electron chi connectivity index (χ4n) is 1.53. The van der Waals surface area contributed by atoms with Crippen LogP contribution in [0.2, 0.25) is 10.0 Å². The molecule has 0 saturated heterocycles. The summed E-state index contributed by atoms with van der Waals surface area (Å²) in [5.74, 6) is -1.26. The Labute approximate surface area is 122 Å². The van der Waals surface area contributed by atoms with E-state index in [1.54, 1.807) is 25.1 Å². The highest BCUT2D eigenvalue weighted by molar-refractivity contribution is 7.89. The molecule has 1 rings (SSSR count). The average Bonchev–Trinajstić information content (AvgIpc) is 2.26. The second-order valence-electron chi connectivity index (χ2n) is 4.02. The number of hydrogen-bond acceptors (Lipinski definition) is 3. The molecule has 0 fully saturated rings. The lowest BCUT2D eigenvalue weighted by molar-refractivity contribution is -0.122. The molecule has 0 unspecified atom stereocenters. The minimum absolute atomic E-state index is 0.0515. The van der Waals surface area contributed by atoms with Gasteiger partial charge in [-0.3, -0.25) is 4.79 Å². The molecule has 0 heterocycles. The Morgan fingerprint density at radius 3 is 2.37 bits per heavy atom. The normalized spacial score (nSPS) is 13.1. The summed E-state index contributed by atoms with van der Waals surface area (Å²) in [6.45, 7) is 1.59. The maximum atomic E-state index is 11.9. The van der Waals surface area contributed by atoms with Crippen LogP contribution in [-0.2, 0) is 14.8 Å². The van der Waals surface area contributed by atoms with Gasteiger partial charge in [0.2, 0.25) is 15.9 Å². The van der Waals surface area contributed by atoms with Gasteiger partial charge in [-0.25, -0.2) is 13.6 Å². The molecule has 106 valence electrons. The van der Waals surface area contributed by atoms with Gasteiger partial charge < -0.3 is 5.32 Å². The predicted octanol–water partition coefficient (Wildman–Crippen LogP) is 1.50. The molecule has 0 bridgehead atoms. The molecular weight excluding hydrogens is 311 g/mol. The Balaban J connectivity index is 2.72. The molecule has 1 atom stereocenters. The topological polar surface area (TPSA) is 89.3 Å². The lowest BCUT2D eigenvalue weighted by Crippen LogP contribution is -2.34. The minimum atomic E-state index is -3.59. The molecular formula is C11H14Cl2N2O3S. The van der Waals surface area contributed by atoms with Gasteiger partial charge in [0.1, 0.15) is 0 Å². The van der Waals surface area contributed by atoms with E-state index in [1.165, 1.54) is 0 Å². The Morgan fingerprint density at radius 1 is 1.37 bits per heavy atom. The van der Waals surface area contributed by atoms with E-state index < -0.39 is 15.9 Å². The van der Waals surface area contributed by atoms with Gasteiger partial charge in [0.15, 0.2) is 0 Å². The molecule has 0 radical (unpaired) electrons. The van der Waals surface area contributed by atoms with Crippen molar-refractivity contribution in [3.05, 3.63) is 33.8 Å². The first kappa shape index (κ1) is 16.2. The molecule has 19 heavy (non-hydrogen) atoms. The Bertz CT molecular complexity index is 555. The fraction of sp³-hybridized carbons (Fsp3) is 0.364. The number of primary sulfonamides is 1. The number of benzene rings is 1. The van der Waals surface area contributed by atoms with Crippen LogP contribution in [0.5, 0.6) is 0 Å². The monoisotopic (exact) mass is 324 g/mol. The second kappa shape index (κ2) is 6.56. The summed E-state index contributed by atoms with van der Waals surface area (Å²) in [4.78, 5) is 11.9. The maximum absolute atomic E-state index is 11.9. The van der Waals surface area contributed by atoms with Gasteiger partial charge in [-0.2, -0.15) is 0 Å². The number of hydrogen-bond donors (Lipinski definition) is 2. The van der Waals surface area contributed by atoms with Crippen molar-refractivity contribution in [3.8, 4) is 0 Å². The molecule has 1 amide bonds. The minimum Gasteiger partial charge on any atom is -0.355 e. The van der Waals surface area contributed by atoms with Crippen molar-refractivity contribution >= 4 is 39.1 Å². The third-order valence-electron chi connectivity index (χ3n) is 2.51. The summed E-state index contributed by atoms with van der Waals surface area (Å²) in [6, 6.07) is 4.95. The van der Waals surface area contributed by atoms with Crippen molar-refractivity contribution in [2.75, 3.05) is 12.3 Å². The molecule has 0 aliphatic heterocycles. The zero-order valence-corrected chi connectivity index (χ0v) is 12.5. The number of carbonyl (C=O) groups excluding carboxylic acids is 1. The van der Waals surface area contributed by atoms with Crippen LogP contribution in [0.3, 0.4) is 0 Å². The number of amides is 1. The van der Waals surface area contributed by atoms with E-state index in [9.17, 15) is 13.2 Å². The third-order valence-corrected chi connectivity index (χ3v) is 3.94. The van der Waals surface area contributed by atoms with Crippen LogP contribution in [0.1, 0.15) is 18.4 Å². The molecule has 0 saturated carbocycles. The molecule has 8 heteroatoms. The number of rotatable bonds is 5. The molecule has 1 aromatic rings. The van der Waals surface area contributed by atoms with E-state index >= 15 is 0 Å². The van der Waals surface area contributed by atoms with Crippen molar-refractivity contribution in [1.82, 2.24) is 5.32 Å². The van der Waals surface area contributed by atoms with Crippen LogP contribution in [0.15, 0.2) is 18.2 Å². The average molecular weight is 325 g/mol. The first-order chi connectivity index (χ1) is 8.72. The standard InChI is InChI=1S/C11H14Cl2N2O3S/c1-7(10-8(12)3-2-4-9(10)13)11(16)15-5-6-19(14,17)18/h2-4,7H,5-6H2,1H3,(H,15,16)(H2,14,17,18)/t7-/m0/s1. The molecule has 0 spiro atoms. The summed E-state index contributed by atoms with van der Waals surface area (Å²) in [5, 5.41) is 8.09. The van der Waals surface area contributed by atoms with Crippen LogP contribution >= 0.6 is 23.2 Å².